The van der Waals surface area contributed by atoms with Gasteiger partial charge < -0.3 is 14.8 Å². The van der Waals surface area contributed by atoms with Crippen molar-refractivity contribution in [2.24, 2.45) is 5.92 Å². The molecule has 0 spiro atoms. The molecule has 0 fully saturated rings. The maximum absolute atomic E-state index is 5.45. The Morgan fingerprint density at radius 1 is 1.00 bits per heavy atom. The van der Waals surface area contributed by atoms with Crippen molar-refractivity contribution in [3.8, 4) is 0 Å². The van der Waals surface area contributed by atoms with E-state index in [4.69, 9.17) is 9.47 Å². The summed E-state index contributed by atoms with van der Waals surface area (Å²) in [5, 5.41) is 3.52. The Kier molecular flexibility index (Phi) is 9.06. The van der Waals surface area contributed by atoms with Crippen LogP contribution in [0.2, 0.25) is 0 Å². The average Bonchev–Trinajstić information content (AvgIpc) is 2.10. The van der Waals surface area contributed by atoms with Crippen molar-refractivity contribution >= 4 is 0 Å². The number of hydrogen-bond acceptors (Lipinski definition) is 3. The summed E-state index contributed by atoms with van der Waals surface area (Å²) in [7, 11) is 1.69. The first-order valence-corrected chi connectivity index (χ1v) is 5.89. The molecule has 0 aromatic carbocycles. The zero-order valence-corrected chi connectivity index (χ0v) is 10.9. The van der Waals surface area contributed by atoms with E-state index < -0.39 is 0 Å². The topological polar surface area (TPSA) is 30.5 Å². The summed E-state index contributed by atoms with van der Waals surface area (Å²) in [4.78, 5) is 0. The molecule has 0 aliphatic carbocycles. The lowest BCUT2D eigenvalue weighted by atomic mass is 10.0. The van der Waals surface area contributed by atoms with E-state index in [-0.39, 0.29) is 0 Å². The lowest BCUT2D eigenvalue weighted by Crippen LogP contribution is -2.38. The van der Waals surface area contributed by atoms with Crippen LogP contribution in [-0.2, 0) is 9.47 Å². The fourth-order valence-corrected chi connectivity index (χ4v) is 1.71. The van der Waals surface area contributed by atoms with Gasteiger partial charge in [0.15, 0.2) is 0 Å². The molecule has 0 aromatic heterocycles. The normalized spacial score (nSPS) is 15.6. The van der Waals surface area contributed by atoms with E-state index in [1.807, 2.05) is 0 Å². The van der Waals surface area contributed by atoms with Gasteiger partial charge in [0.2, 0.25) is 0 Å². The van der Waals surface area contributed by atoms with Crippen molar-refractivity contribution in [2.45, 2.75) is 46.2 Å². The highest BCUT2D eigenvalue weighted by Gasteiger charge is 2.08. The monoisotopic (exact) mass is 217 g/mol. The summed E-state index contributed by atoms with van der Waals surface area (Å²) in [6, 6.07) is 0.974. The van der Waals surface area contributed by atoms with Gasteiger partial charge in [-0.05, 0) is 26.2 Å². The van der Waals surface area contributed by atoms with Gasteiger partial charge >= 0.3 is 0 Å². The van der Waals surface area contributed by atoms with Gasteiger partial charge in [-0.1, -0.05) is 13.8 Å². The molecule has 0 amide bonds. The average molecular weight is 217 g/mol. The van der Waals surface area contributed by atoms with E-state index in [9.17, 15) is 0 Å². The third-order valence-corrected chi connectivity index (χ3v) is 2.19. The van der Waals surface area contributed by atoms with E-state index in [0.29, 0.717) is 25.3 Å². The molecule has 0 aromatic rings. The van der Waals surface area contributed by atoms with Gasteiger partial charge in [0.05, 0.1) is 19.8 Å². The van der Waals surface area contributed by atoms with Crippen LogP contribution < -0.4 is 5.32 Å². The van der Waals surface area contributed by atoms with E-state index in [1.54, 1.807) is 7.11 Å². The van der Waals surface area contributed by atoms with Crippen LogP contribution >= 0.6 is 0 Å². The lowest BCUT2D eigenvalue weighted by molar-refractivity contribution is 0.0593. The standard InChI is InChI=1S/C12H27NO2/c1-10(2)8-11(3)13-12(4)9-15-7-6-14-5/h10-13H,6-9H2,1-5H3. The second-order valence-corrected chi connectivity index (χ2v) is 4.67. The molecule has 0 saturated heterocycles. The predicted octanol–water partition coefficient (Wildman–Crippen LogP) is 2.06. The quantitative estimate of drug-likeness (QED) is 0.600. The summed E-state index contributed by atoms with van der Waals surface area (Å²) in [5.74, 6) is 0.745. The second kappa shape index (κ2) is 9.13. The van der Waals surface area contributed by atoms with Crippen molar-refractivity contribution in [1.29, 1.82) is 0 Å². The molecular formula is C12H27NO2. The number of hydrogen-bond donors (Lipinski definition) is 1. The molecule has 0 rings (SSSR count). The third-order valence-electron chi connectivity index (χ3n) is 2.19. The summed E-state index contributed by atoms with van der Waals surface area (Å²) in [6.07, 6.45) is 1.21. The van der Waals surface area contributed by atoms with Crippen molar-refractivity contribution < 1.29 is 9.47 Å². The zero-order chi connectivity index (χ0) is 11.7. The molecule has 1 N–H and O–H groups in total. The number of ether oxygens (including phenoxy) is 2. The van der Waals surface area contributed by atoms with Crippen LogP contribution in [0.15, 0.2) is 0 Å². The Hall–Kier alpha value is -0.120. The predicted molar refractivity (Wildman–Crippen MR) is 64.2 cm³/mol. The summed E-state index contributed by atoms with van der Waals surface area (Å²) in [5.41, 5.74) is 0. The molecule has 0 saturated carbocycles. The summed E-state index contributed by atoms with van der Waals surface area (Å²) in [6.45, 7) is 11.0. The molecule has 0 aliphatic heterocycles. The molecule has 0 radical (unpaired) electrons. The number of rotatable bonds is 9. The van der Waals surface area contributed by atoms with E-state index in [2.05, 4.69) is 33.0 Å². The SMILES string of the molecule is COCCOCC(C)NC(C)CC(C)C. The first kappa shape index (κ1) is 14.9. The molecule has 92 valence electrons. The van der Waals surface area contributed by atoms with Crippen LogP contribution in [0.4, 0.5) is 0 Å². The van der Waals surface area contributed by atoms with Crippen LogP contribution in [0.1, 0.15) is 34.1 Å². The van der Waals surface area contributed by atoms with Gasteiger partial charge in [0.1, 0.15) is 0 Å². The van der Waals surface area contributed by atoms with E-state index in [0.717, 1.165) is 12.5 Å². The Bertz CT molecular complexity index is 140. The van der Waals surface area contributed by atoms with Crippen molar-refractivity contribution in [2.75, 3.05) is 26.9 Å². The fourth-order valence-electron chi connectivity index (χ4n) is 1.71. The minimum atomic E-state index is 0.413. The molecule has 0 bridgehead atoms. The maximum atomic E-state index is 5.45. The number of nitrogens with one attached hydrogen (secondary N) is 1. The fraction of sp³-hybridized carbons (Fsp3) is 1.00. The molecule has 2 unspecified atom stereocenters. The zero-order valence-electron chi connectivity index (χ0n) is 10.9. The van der Waals surface area contributed by atoms with Gasteiger partial charge in [-0.25, -0.2) is 0 Å². The van der Waals surface area contributed by atoms with Gasteiger partial charge in [0, 0.05) is 19.2 Å². The third kappa shape index (κ3) is 10.2. The van der Waals surface area contributed by atoms with Crippen LogP contribution in [-0.4, -0.2) is 39.0 Å². The van der Waals surface area contributed by atoms with E-state index >= 15 is 0 Å². The second-order valence-electron chi connectivity index (χ2n) is 4.67. The van der Waals surface area contributed by atoms with Gasteiger partial charge in [-0.2, -0.15) is 0 Å². The molecule has 3 heteroatoms. The molecule has 15 heavy (non-hydrogen) atoms. The van der Waals surface area contributed by atoms with Crippen molar-refractivity contribution in [3.63, 3.8) is 0 Å². The lowest BCUT2D eigenvalue weighted by Gasteiger charge is -2.21. The van der Waals surface area contributed by atoms with Crippen LogP contribution in [0, 0.1) is 5.92 Å². The molecular weight excluding hydrogens is 190 g/mol. The Labute approximate surface area is 94.5 Å². The van der Waals surface area contributed by atoms with Crippen LogP contribution in [0.5, 0.6) is 0 Å². The van der Waals surface area contributed by atoms with Gasteiger partial charge in [0.25, 0.3) is 0 Å². The summed E-state index contributed by atoms with van der Waals surface area (Å²) < 4.78 is 10.4. The van der Waals surface area contributed by atoms with E-state index in [1.165, 1.54) is 6.42 Å². The molecule has 0 heterocycles. The van der Waals surface area contributed by atoms with Crippen molar-refractivity contribution in [1.82, 2.24) is 5.32 Å². The van der Waals surface area contributed by atoms with Gasteiger partial charge in [-0.3, -0.25) is 0 Å². The minimum absolute atomic E-state index is 0.413. The van der Waals surface area contributed by atoms with Crippen LogP contribution in [0.3, 0.4) is 0 Å². The van der Waals surface area contributed by atoms with Crippen molar-refractivity contribution in [3.05, 3.63) is 0 Å². The smallest absolute Gasteiger partial charge is 0.0701 e. The van der Waals surface area contributed by atoms with Gasteiger partial charge in [-0.15, -0.1) is 0 Å². The largest absolute Gasteiger partial charge is 0.382 e. The highest BCUT2D eigenvalue weighted by Crippen LogP contribution is 2.04. The van der Waals surface area contributed by atoms with Crippen LogP contribution in [0.25, 0.3) is 0 Å². The molecule has 2 atom stereocenters. The molecule has 3 nitrogen and oxygen atoms in total. The highest BCUT2D eigenvalue weighted by atomic mass is 16.5. The summed E-state index contributed by atoms with van der Waals surface area (Å²) >= 11 is 0. The minimum Gasteiger partial charge on any atom is -0.382 e. The first-order chi connectivity index (χ1) is 7.06. The Morgan fingerprint density at radius 2 is 1.67 bits per heavy atom. The Balaban J connectivity index is 3.42. The molecule has 0 aliphatic rings. The Morgan fingerprint density at radius 3 is 2.20 bits per heavy atom. The number of methoxy groups -OCH3 is 1. The first-order valence-electron chi connectivity index (χ1n) is 5.89. The highest BCUT2D eigenvalue weighted by molar-refractivity contribution is 4.68. The maximum Gasteiger partial charge on any atom is 0.0701 e.